The highest BCUT2D eigenvalue weighted by molar-refractivity contribution is 6.31. The van der Waals surface area contributed by atoms with E-state index in [1.807, 2.05) is 0 Å². The predicted octanol–water partition coefficient (Wildman–Crippen LogP) is 3.65. The minimum atomic E-state index is -0.997. The lowest BCUT2D eigenvalue weighted by Gasteiger charge is -2.19. The van der Waals surface area contributed by atoms with E-state index in [-0.39, 0.29) is 12.0 Å². The number of ether oxygens (including phenoxy) is 1. The van der Waals surface area contributed by atoms with Crippen LogP contribution in [0.4, 0.5) is 8.78 Å². The summed E-state index contributed by atoms with van der Waals surface area (Å²) in [6.45, 7) is 0. The van der Waals surface area contributed by atoms with Crippen LogP contribution in [0.2, 0.25) is 5.02 Å². The Kier molecular flexibility index (Phi) is 5.87. The Labute approximate surface area is 142 Å². The highest BCUT2D eigenvalue weighted by atomic mass is 35.5. The summed E-state index contributed by atoms with van der Waals surface area (Å²) in [4.78, 5) is 23.9. The highest BCUT2D eigenvalue weighted by Crippen LogP contribution is 2.26. The third-order valence-electron chi connectivity index (χ3n) is 3.36. The molecule has 2 aromatic rings. The van der Waals surface area contributed by atoms with Crippen molar-refractivity contribution in [1.82, 2.24) is 5.32 Å². The number of carbonyl (C=O) groups excluding carboxylic acids is 2. The quantitative estimate of drug-likeness (QED) is 0.835. The molecular weight excluding hydrogens is 340 g/mol. The van der Waals surface area contributed by atoms with Gasteiger partial charge in [0.15, 0.2) is 0 Å². The Morgan fingerprint density at radius 1 is 1.21 bits per heavy atom. The Hall–Kier alpha value is -2.47. The van der Waals surface area contributed by atoms with E-state index in [1.54, 1.807) is 24.3 Å². The van der Waals surface area contributed by atoms with Crippen LogP contribution in [-0.2, 0) is 9.53 Å². The number of halogens is 3. The van der Waals surface area contributed by atoms with Gasteiger partial charge >= 0.3 is 5.97 Å². The van der Waals surface area contributed by atoms with Crippen molar-refractivity contribution in [3.05, 3.63) is 70.2 Å². The monoisotopic (exact) mass is 353 g/mol. The number of carbonyl (C=O) groups is 2. The molecule has 0 heterocycles. The summed E-state index contributed by atoms with van der Waals surface area (Å²) in [7, 11) is 1.22. The molecule has 0 bridgehead atoms. The van der Waals surface area contributed by atoms with Gasteiger partial charge in [-0.25, -0.2) is 8.78 Å². The first-order chi connectivity index (χ1) is 11.4. The standard InChI is InChI=1S/C17H14ClF2NO3/c1-24-16(22)9-15(11-4-2-3-5-13(11)18)21-17(23)12-7-6-10(19)8-14(12)20/h2-8,15H,9H2,1H3,(H,21,23). The Morgan fingerprint density at radius 3 is 2.54 bits per heavy atom. The van der Waals surface area contributed by atoms with Gasteiger partial charge in [-0.05, 0) is 23.8 Å². The van der Waals surface area contributed by atoms with Crippen molar-refractivity contribution in [2.75, 3.05) is 7.11 Å². The summed E-state index contributed by atoms with van der Waals surface area (Å²) in [5, 5.41) is 2.87. The van der Waals surface area contributed by atoms with Crippen molar-refractivity contribution in [2.45, 2.75) is 12.5 Å². The first-order valence-corrected chi connectivity index (χ1v) is 7.37. The second-order valence-corrected chi connectivity index (χ2v) is 5.36. The van der Waals surface area contributed by atoms with Gasteiger partial charge in [-0.2, -0.15) is 0 Å². The minimum Gasteiger partial charge on any atom is -0.469 e. The van der Waals surface area contributed by atoms with E-state index < -0.39 is 29.6 Å². The molecule has 1 atom stereocenters. The number of rotatable bonds is 5. The Morgan fingerprint density at radius 2 is 1.92 bits per heavy atom. The second-order valence-electron chi connectivity index (χ2n) is 4.95. The fraction of sp³-hybridized carbons (Fsp3) is 0.176. The summed E-state index contributed by atoms with van der Waals surface area (Å²) in [5.41, 5.74) is 0.152. The van der Waals surface area contributed by atoms with E-state index in [9.17, 15) is 18.4 Å². The molecule has 0 aliphatic carbocycles. The number of hydrogen-bond acceptors (Lipinski definition) is 3. The molecule has 0 aliphatic heterocycles. The van der Waals surface area contributed by atoms with Crippen LogP contribution in [0.5, 0.6) is 0 Å². The molecule has 1 N–H and O–H groups in total. The number of methoxy groups -OCH3 is 1. The molecule has 4 nitrogen and oxygen atoms in total. The van der Waals surface area contributed by atoms with Gasteiger partial charge < -0.3 is 10.1 Å². The third-order valence-corrected chi connectivity index (χ3v) is 3.70. The van der Waals surface area contributed by atoms with Crippen molar-refractivity contribution >= 4 is 23.5 Å². The molecule has 0 aliphatic rings. The molecule has 0 radical (unpaired) electrons. The van der Waals surface area contributed by atoms with E-state index in [4.69, 9.17) is 11.6 Å². The van der Waals surface area contributed by atoms with Gasteiger partial charge in [0, 0.05) is 11.1 Å². The maximum absolute atomic E-state index is 13.7. The van der Waals surface area contributed by atoms with Crippen LogP contribution in [0, 0.1) is 11.6 Å². The molecule has 0 fully saturated rings. The number of nitrogens with one attached hydrogen (secondary N) is 1. The van der Waals surface area contributed by atoms with E-state index in [1.165, 1.54) is 7.11 Å². The zero-order chi connectivity index (χ0) is 17.7. The van der Waals surface area contributed by atoms with Crippen LogP contribution >= 0.6 is 11.6 Å². The lowest BCUT2D eigenvalue weighted by molar-refractivity contribution is -0.141. The van der Waals surface area contributed by atoms with Crippen molar-refractivity contribution in [3.63, 3.8) is 0 Å². The maximum atomic E-state index is 13.7. The van der Waals surface area contributed by atoms with Crippen LogP contribution < -0.4 is 5.32 Å². The Balaban J connectivity index is 2.29. The smallest absolute Gasteiger partial charge is 0.307 e. The molecule has 7 heteroatoms. The molecule has 0 saturated carbocycles. The molecule has 0 spiro atoms. The van der Waals surface area contributed by atoms with Crippen LogP contribution in [0.15, 0.2) is 42.5 Å². The van der Waals surface area contributed by atoms with Crippen molar-refractivity contribution in [1.29, 1.82) is 0 Å². The molecule has 0 aromatic heterocycles. The summed E-state index contributed by atoms with van der Waals surface area (Å²) < 4.78 is 31.3. The van der Waals surface area contributed by atoms with E-state index in [2.05, 4.69) is 10.1 Å². The summed E-state index contributed by atoms with van der Waals surface area (Å²) >= 11 is 6.10. The number of esters is 1. The van der Waals surface area contributed by atoms with Gasteiger partial charge in [-0.3, -0.25) is 9.59 Å². The SMILES string of the molecule is COC(=O)CC(NC(=O)c1ccc(F)cc1F)c1ccccc1Cl. The molecular formula is C17H14ClF2NO3. The number of hydrogen-bond donors (Lipinski definition) is 1. The Bertz CT molecular complexity index is 767. The van der Waals surface area contributed by atoms with Gasteiger partial charge in [0.1, 0.15) is 11.6 Å². The van der Waals surface area contributed by atoms with E-state index in [0.29, 0.717) is 16.7 Å². The number of amides is 1. The van der Waals surface area contributed by atoms with Gasteiger partial charge in [-0.15, -0.1) is 0 Å². The second kappa shape index (κ2) is 7.88. The van der Waals surface area contributed by atoms with Gasteiger partial charge in [0.2, 0.25) is 0 Å². The highest BCUT2D eigenvalue weighted by Gasteiger charge is 2.23. The van der Waals surface area contributed by atoms with Gasteiger partial charge in [0.05, 0.1) is 25.1 Å². The van der Waals surface area contributed by atoms with Crippen molar-refractivity contribution < 1.29 is 23.1 Å². The lowest BCUT2D eigenvalue weighted by Crippen LogP contribution is -2.31. The molecule has 2 rings (SSSR count). The summed E-state index contributed by atoms with van der Waals surface area (Å²) in [6, 6.07) is 8.43. The van der Waals surface area contributed by atoms with E-state index in [0.717, 1.165) is 12.1 Å². The van der Waals surface area contributed by atoms with Gasteiger partial charge in [-0.1, -0.05) is 29.8 Å². The number of benzene rings is 2. The average molecular weight is 354 g/mol. The molecule has 1 unspecified atom stereocenters. The van der Waals surface area contributed by atoms with Crippen LogP contribution in [0.3, 0.4) is 0 Å². The summed E-state index contributed by atoms with van der Waals surface area (Å²) in [5.74, 6) is -3.15. The predicted molar refractivity (Wildman–Crippen MR) is 84.7 cm³/mol. The van der Waals surface area contributed by atoms with Gasteiger partial charge in [0.25, 0.3) is 5.91 Å². The molecule has 126 valence electrons. The molecule has 2 aromatic carbocycles. The van der Waals surface area contributed by atoms with Crippen molar-refractivity contribution in [2.24, 2.45) is 0 Å². The van der Waals surface area contributed by atoms with Crippen LogP contribution in [0.25, 0.3) is 0 Å². The topological polar surface area (TPSA) is 55.4 Å². The molecule has 0 saturated heterocycles. The largest absolute Gasteiger partial charge is 0.469 e. The molecule has 1 amide bonds. The van der Waals surface area contributed by atoms with E-state index >= 15 is 0 Å². The average Bonchev–Trinajstić information content (AvgIpc) is 2.54. The third kappa shape index (κ3) is 4.29. The summed E-state index contributed by atoms with van der Waals surface area (Å²) in [6.07, 6.45) is -0.186. The fourth-order valence-corrected chi connectivity index (χ4v) is 2.42. The lowest BCUT2D eigenvalue weighted by atomic mass is 10.0. The van der Waals surface area contributed by atoms with Crippen LogP contribution in [-0.4, -0.2) is 19.0 Å². The zero-order valence-electron chi connectivity index (χ0n) is 12.7. The fourth-order valence-electron chi connectivity index (χ4n) is 2.16. The first-order valence-electron chi connectivity index (χ1n) is 6.99. The normalized spacial score (nSPS) is 11.7. The minimum absolute atomic E-state index is 0.186. The first kappa shape index (κ1) is 17.9. The molecule has 24 heavy (non-hydrogen) atoms. The van der Waals surface area contributed by atoms with Crippen molar-refractivity contribution in [3.8, 4) is 0 Å². The van der Waals surface area contributed by atoms with Crippen LogP contribution in [0.1, 0.15) is 28.4 Å². The zero-order valence-corrected chi connectivity index (χ0v) is 13.4. The maximum Gasteiger partial charge on any atom is 0.307 e.